The summed E-state index contributed by atoms with van der Waals surface area (Å²) in [5.74, 6) is 6.02. The Kier molecular flexibility index (Phi) is 13.1. The van der Waals surface area contributed by atoms with E-state index < -0.39 is 0 Å². The molecule has 0 heterocycles. The second-order valence-corrected chi connectivity index (χ2v) is 4.87. The van der Waals surface area contributed by atoms with Crippen molar-refractivity contribution >= 4 is 6.29 Å². The Morgan fingerprint density at radius 2 is 1.43 bits per heavy atom. The third-order valence-corrected chi connectivity index (χ3v) is 3.22. The van der Waals surface area contributed by atoms with E-state index in [0.717, 1.165) is 6.29 Å². The molecule has 0 fully saturated rings. The molecule has 2 aromatic carbocycles. The van der Waals surface area contributed by atoms with E-state index >= 15 is 0 Å². The average Bonchev–Trinajstić information content (AvgIpc) is 2.76. The van der Waals surface area contributed by atoms with Crippen LogP contribution < -0.4 is 24.8 Å². The van der Waals surface area contributed by atoms with E-state index in [1.165, 1.54) is 0 Å². The molecule has 28 heavy (non-hydrogen) atoms. The number of nitrogens with zero attached hydrogens (tertiary/aromatic N) is 1. The Labute approximate surface area is 165 Å². The van der Waals surface area contributed by atoms with Crippen molar-refractivity contribution in [1.29, 1.82) is 5.26 Å². The summed E-state index contributed by atoms with van der Waals surface area (Å²) in [6, 6.07) is 12.2. The van der Waals surface area contributed by atoms with Crippen molar-refractivity contribution in [1.82, 2.24) is 0 Å². The van der Waals surface area contributed by atoms with Gasteiger partial charge in [0, 0.05) is 11.6 Å². The van der Waals surface area contributed by atoms with E-state index in [1.54, 1.807) is 50.6 Å². The molecule has 0 spiro atoms. The first-order chi connectivity index (χ1) is 13.6. The monoisotopic (exact) mass is 392 g/mol. The van der Waals surface area contributed by atoms with Crippen molar-refractivity contribution in [2.24, 2.45) is 5.90 Å². The smallest absolute Gasteiger partial charge is 0.162 e. The zero-order valence-corrected chi connectivity index (χ0v) is 16.5. The van der Waals surface area contributed by atoms with Gasteiger partial charge < -0.3 is 24.2 Å². The first kappa shape index (κ1) is 24.7. The SMILES string of the molecule is CCOc1cc(C#[15N])ccc1OC.CCOc1cc(C=O)ccc1OC.[15NH2]O. The summed E-state index contributed by atoms with van der Waals surface area (Å²) >= 11 is 0. The van der Waals surface area contributed by atoms with Crippen LogP contribution >= 0.6 is 0 Å². The molecular formula is C20H26N2O6. The van der Waals surface area contributed by atoms with Gasteiger partial charge in [-0.3, -0.25) is 4.79 Å². The van der Waals surface area contributed by atoms with Gasteiger partial charge >= 0.3 is 0 Å². The van der Waals surface area contributed by atoms with Gasteiger partial charge in [-0.1, -0.05) is 0 Å². The molecule has 0 radical (unpaired) electrons. The number of rotatable bonds is 7. The molecule has 0 atom stereocenters. The van der Waals surface area contributed by atoms with Gasteiger partial charge in [0.2, 0.25) is 0 Å². The Morgan fingerprint density at radius 3 is 1.86 bits per heavy atom. The fourth-order valence-corrected chi connectivity index (χ4v) is 2.05. The summed E-state index contributed by atoms with van der Waals surface area (Å²) in [6.07, 6.45) is 0.780. The van der Waals surface area contributed by atoms with Gasteiger partial charge in [0.1, 0.15) is 6.29 Å². The predicted octanol–water partition coefficient (Wildman–Crippen LogP) is 3.21. The molecule has 0 aliphatic heterocycles. The van der Waals surface area contributed by atoms with Crippen LogP contribution in [0.3, 0.4) is 0 Å². The Bertz CT molecular complexity index is 759. The van der Waals surface area contributed by atoms with Crippen molar-refractivity contribution in [3.05, 3.63) is 47.5 Å². The molecule has 0 aromatic heterocycles. The summed E-state index contributed by atoms with van der Waals surface area (Å²) in [4.78, 5) is 10.5. The molecule has 0 saturated carbocycles. The molecule has 0 amide bonds. The summed E-state index contributed by atoms with van der Waals surface area (Å²) in [7, 11) is 3.14. The Balaban J connectivity index is 0.000000478. The van der Waals surface area contributed by atoms with Crippen LogP contribution in [0.15, 0.2) is 36.4 Å². The van der Waals surface area contributed by atoms with Gasteiger partial charge in [0.25, 0.3) is 0 Å². The number of nitrogens with two attached hydrogens (primary N) is 1. The largest absolute Gasteiger partial charge is 0.493 e. The van der Waals surface area contributed by atoms with E-state index in [-0.39, 0.29) is 0 Å². The van der Waals surface area contributed by atoms with Crippen LogP contribution in [0.4, 0.5) is 0 Å². The van der Waals surface area contributed by atoms with Gasteiger partial charge in [-0.2, -0.15) is 5.26 Å². The molecule has 0 unspecified atom stereocenters. The summed E-state index contributed by atoms with van der Waals surface area (Å²) in [5, 5.41) is 15.1. The van der Waals surface area contributed by atoms with Gasteiger partial charge in [0.15, 0.2) is 23.0 Å². The second kappa shape index (κ2) is 14.8. The maximum Gasteiger partial charge on any atom is 0.162 e. The zero-order chi connectivity index (χ0) is 21.4. The van der Waals surface area contributed by atoms with Crippen LogP contribution in [0.2, 0.25) is 0 Å². The molecular weight excluding hydrogens is 366 g/mol. The molecule has 8 heteroatoms. The van der Waals surface area contributed by atoms with E-state index in [1.807, 2.05) is 19.9 Å². The summed E-state index contributed by atoms with van der Waals surface area (Å²) < 4.78 is 20.7. The minimum absolute atomic E-state index is 0.554. The number of aldehydes is 1. The second-order valence-electron chi connectivity index (χ2n) is 4.87. The molecule has 2 rings (SSSR count). The van der Waals surface area contributed by atoms with E-state index in [0.29, 0.717) is 47.3 Å². The van der Waals surface area contributed by atoms with Crippen LogP contribution in [-0.4, -0.2) is 38.9 Å². The maximum atomic E-state index is 10.5. The highest BCUT2D eigenvalue weighted by molar-refractivity contribution is 5.76. The third kappa shape index (κ3) is 7.95. The Morgan fingerprint density at radius 1 is 0.929 bits per heavy atom. The molecule has 0 aliphatic carbocycles. The summed E-state index contributed by atoms with van der Waals surface area (Å²) in [6.45, 7) is 4.88. The molecule has 0 bridgehead atoms. The standard InChI is InChI=1S/C10H11NO2.C10H12O3.H3NO/c2*1-3-13-10-6-8(7-11)4-5-9(10)12-2;1-2/h4-6H,3H2,1-2H3;4-7H,3H2,1-2H3;2H,1H2/i11+1;;1+1. The van der Waals surface area contributed by atoms with E-state index in [2.05, 4.69) is 5.90 Å². The van der Waals surface area contributed by atoms with E-state index in [9.17, 15) is 4.79 Å². The van der Waals surface area contributed by atoms with Crippen molar-refractivity contribution in [3.63, 3.8) is 0 Å². The Hall–Kier alpha value is -3.28. The number of carbonyl (C=O) groups excluding carboxylic acids is 1. The van der Waals surface area contributed by atoms with Gasteiger partial charge in [-0.25, -0.2) is 5.90 Å². The number of nitriles is 1. The lowest BCUT2D eigenvalue weighted by Crippen LogP contribution is -1.96. The normalized spacial score (nSPS) is 8.75. The number of ether oxygens (including phenoxy) is 4. The lowest BCUT2D eigenvalue weighted by atomic mass is 10.2. The number of benzene rings is 2. The van der Waals surface area contributed by atoms with Crippen molar-refractivity contribution < 1.29 is 28.9 Å². The lowest BCUT2D eigenvalue weighted by Gasteiger charge is -2.08. The van der Waals surface area contributed by atoms with E-state index in [4.69, 9.17) is 29.4 Å². The minimum Gasteiger partial charge on any atom is -0.493 e. The fourth-order valence-electron chi connectivity index (χ4n) is 2.05. The molecule has 152 valence electrons. The van der Waals surface area contributed by atoms with Crippen molar-refractivity contribution in [3.8, 4) is 29.1 Å². The average molecular weight is 392 g/mol. The molecule has 2 aromatic rings. The van der Waals surface area contributed by atoms with Crippen LogP contribution in [0.1, 0.15) is 29.8 Å². The molecule has 0 aliphatic rings. The van der Waals surface area contributed by atoms with Crippen LogP contribution in [0.25, 0.3) is 0 Å². The van der Waals surface area contributed by atoms with Crippen LogP contribution in [0.5, 0.6) is 23.0 Å². The first-order valence-corrected chi connectivity index (χ1v) is 8.36. The first-order valence-electron chi connectivity index (χ1n) is 8.36. The quantitative estimate of drug-likeness (QED) is 0.418. The lowest BCUT2D eigenvalue weighted by molar-refractivity contribution is 0.112. The van der Waals surface area contributed by atoms with Gasteiger partial charge in [0.05, 0.1) is 39.1 Å². The molecule has 8 nitrogen and oxygen atoms in total. The van der Waals surface area contributed by atoms with Crippen LogP contribution in [-0.2, 0) is 0 Å². The van der Waals surface area contributed by atoms with Crippen LogP contribution in [0, 0.1) is 11.3 Å². The fraction of sp³-hybridized carbons (Fsp3) is 0.300. The third-order valence-electron chi connectivity index (χ3n) is 3.22. The highest BCUT2D eigenvalue weighted by atomic mass is 16.6. The minimum atomic E-state index is 0.554. The highest BCUT2D eigenvalue weighted by Gasteiger charge is 2.04. The molecule has 3 N–H and O–H groups in total. The van der Waals surface area contributed by atoms with Crippen molar-refractivity contribution in [2.75, 3.05) is 27.4 Å². The van der Waals surface area contributed by atoms with Crippen molar-refractivity contribution in [2.45, 2.75) is 13.8 Å². The number of hydrogen-bond acceptors (Lipinski definition) is 8. The molecule has 0 saturated heterocycles. The number of hydrogen-bond donors (Lipinski definition) is 2. The van der Waals surface area contributed by atoms with Gasteiger partial charge in [-0.15, -0.1) is 0 Å². The highest BCUT2D eigenvalue weighted by Crippen LogP contribution is 2.28. The number of methoxy groups -OCH3 is 2. The van der Waals surface area contributed by atoms with Gasteiger partial charge in [-0.05, 0) is 44.2 Å². The predicted molar refractivity (Wildman–Crippen MR) is 104 cm³/mol. The summed E-state index contributed by atoms with van der Waals surface area (Å²) in [5.41, 5.74) is 1.16. The maximum absolute atomic E-state index is 10.5. The zero-order valence-electron chi connectivity index (χ0n) is 16.5. The topological polar surface area (TPSA) is 124 Å². The number of carbonyl (C=O) groups is 1.